The summed E-state index contributed by atoms with van der Waals surface area (Å²) < 4.78 is 0. The molecule has 0 radical (unpaired) electrons. The third-order valence-electron chi connectivity index (χ3n) is 3.94. The summed E-state index contributed by atoms with van der Waals surface area (Å²) in [5.74, 6) is 0. The van der Waals surface area contributed by atoms with Gasteiger partial charge in [0.1, 0.15) is 0 Å². The minimum absolute atomic E-state index is 0.296. The molecule has 0 unspecified atom stereocenters. The molecular weight excluding hydrogens is 184 g/mol. The molecule has 15 heavy (non-hydrogen) atoms. The summed E-state index contributed by atoms with van der Waals surface area (Å²) >= 11 is 0. The van der Waals surface area contributed by atoms with Crippen molar-refractivity contribution in [2.45, 2.75) is 65.0 Å². The van der Waals surface area contributed by atoms with E-state index in [2.05, 4.69) is 44.8 Å². The first kappa shape index (κ1) is 13.0. The predicted molar refractivity (Wildman–Crippen MR) is 67.3 cm³/mol. The monoisotopic (exact) mass is 212 g/mol. The van der Waals surface area contributed by atoms with Crippen LogP contribution in [0.2, 0.25) is 0 Å². The van der Waals surface area contributed by atoms with Crippen LogP contribution in [0.4, 0.5) is 0 Å². The van der Waals surface area contributed by atoms with Gasteiger partial charge < -0.3 is 5.32 Å². The molecule has 0 aliphatic carbocycles. The van der Waals surface area contributed by atoms with E-state index in [0.717, 1.165) is 6.54 Å². The van der Waals surface area contributed by atoms with Crippen molar-refractivity contribution < 1.29 is 0 Å². The van der Waals surface area contributed by atoms with Crippen LogP contribution in [0.1, 0.15) is 53.9 Å². The minimum atomic E-state index is 0.296. The van der Waals surface area contributed by atoms with Crippen molar-refractivity contribution in [3.05, 3.63) is 0 Å². The molecular formula is C13H28N2. The molecule has 0 aromatic carbocycles. The number of hydrogen-bond donors (Lipinski definition) is 1. The lowest BCUT2D eigenvalue weighted by Crippen LogP contribution is -2.46. The molecule has 0 amide bonds. The molecule has 0 aromatic heterocycles. The van der Waals surface area contributed by atoms with Crippen LogP contribution in [0.15, 0.2) is 0 Å². The third-order valence-corrected chi connectivity index (χ3v) is 3.94. The molecule has 2 heteroatoms. The van der Waals surface area contributed by atoms with E-state index < -0.39 is 0 Å². The maximum Gasteiger partial charge on any atom is 0.0154 e. The van der Waals surface area contributed by atoms with Gasteiger partial charge in [-0.1, -0.05) is 6.92 Å². The Morgan fingerprint density at radius 3 is 2.47 bits per heavy atom. The normalized spacial score (nSPS) is 22.2. The van der Waals surface area contributed by atoms with Gasteiger partial charge in [0.2, 0.25) is 0 Å². The average Bonchev–Trinajstić information content (AvgIpc) is 2.46. The lowest BCUT2D eigenvalue weighted by Gasteiger charge is -2.33. The Hall–Kier alpha value is -0.0800. The highest BCUT2D eigenvalue weighted by Crippen LogP contribution is 2.27. The second kappa shape index (κ2) is 4.84. The smallest absolute Gasteiger partial charge is 0.0154 e. The van der Waals surface area contributed by atoms with E-state index in [1.165, 1.54) is 32.4 Å². The zero-order chi connectivity index (χ0) is 11.5. The fourth-order valence-corrected chi connectivity index (χ4v) is 2.23. The van der Waals surface area contributed by atoms with Crippen LogP contribution in [0.3, 0.4) is 0 Å². The van der Waals surface area contributed by atoms with Crippen LogP contribution < -0.4 is 5.32 Å². The molecule has 0 spiro atoms. The largest absolute Gasteiger partial charge is 0.311 e. The van der Waals surface area contributed by atoms with Crippen LogP contribution >= 0.6 is 0 Å². The zero-order valence-corrected chi connectivity index (χ0v) is 11.2. The van der Waals surface area contributed by atoms with Gasteiger partial charge in [-0.05, 0) is 53.5 Å². The van der Waals surface area contributed by atoms with Gasteiger partial charge in [0, 0.05) is 24.2 Å². The lowest BCUT2D eigenvalue weighted by atomic mass is 10.0. The summed E-state index contributed by atoms with van der Waals surface area (Å²) in [6, 6.07) is 0. The van der Waals surface area contributed by atoms with Crippen LogP contribution in [-0.4, -0.2) is 35.6 Å². The Morgan fingerprint density at radius 2 is 2.00 bits per heavy atom. The molecule has 1 N–H and O–H groups in total. The minimum Gasteiger partial charge on any atom is -0.311 e. The first-order chi connectivity index (χ1) is 6.87. The fraction of sp³-hybridized carbons (Fsp3) is 1.00. The highest BCUT2D eigenvalue weighted by molar-refractivity contribution is 4.88. The summed E-state index contributed by atoms with van der Waals surface area (Å²) in [6.45, 7) is 15.1. The fourth-order valence-electron chi connectivity index (χ4n) is 2.23. The van der Waals surface area contributed by atoms with Gasteiger partial charge in [0.05, 0.1) is 0 Å². The molecule has 0 saturated carbocycles. The number of nitrogens with one attached hydrogen (secondary N) is 1. The highest BCUT2D eigenvalue weighted by Gasteiger charge is 2.31. The van der Waals surface area contributed by atoms with Gasteiger partial charge in [0.15, 0.2) is 0 Å². The average molecular weight is 212 g/mol. The summed E-state index contributed by atoms with van der Waals surface area (Å²) in [5, 5.41) is 3.63. The van der Waals surface area contributed by atoms with Crippen molar-refractivity contribution in [3.63, 3.8) is 0 Å². The molecule has 1 aliphatic rings. The molecule has 1 saturated heterocycles. The number of rotatable bonds is 5. The van der Waals surface area contributed by atoms with Crippen molar-refractivity contribution in [2.24, 2.45) is 0 Å². The summed E-state index contributed by atoms with van der Waals surface area (Å²) in [5.41, 5.74) is 0.724. The van der Waals surface area contributed by atoms with E-state index in [0.29, 0.717) is 11.1 Å². The number of likely N-dealkylation sites (tertiary alicyclic amines) is 1. The van der Waals surface area contributed by atoms with Crippen molar-refractivity contribution in [1.82, 2.24) is 10.2 Å². The van der Waals surface area contributed by atoms with Crippen LogP contribution in [0.25, 0.3) is 0 Å². The van der Waals surface area contributed by atoms with Crippen molar-refractivity contribution in [3.8, 4) is 0 Å². The van der Waals surface area contributed by atoms with E-state index in [1.54, 1.807) is 0 Å². The van der Waals surface area contributed by atoms with E-state index in [1.807, 2.05) is 0 Å². The maximum absolute atomic E-state index is 3.63. The van der Waals surface area contributed by atoms with Gasteiger partial charge >= 0.3 is 0 Å². The van der Waals surface area contributed by atoms with Gasteiger partial charge in [-0.25, -0.2) is 0 Å². The van der Waals surface area contributed by atoms with Crippen LogP contribution in [-0.2, 0) is 0 Å². The van der Waals surface area contributed by atoms with Crippen LogP contribution in [0.5, 0.6) is 0 Å². The van der Waals surface area contributed by atoms with E-state index in [-0.39, 0.29) is 0 Å². The zero-order valence-electron chi connectivity index (χ0n) is 11.2. The van der Waals surface area contributed by atoms with Gasteiger partial charge in [-0.2, -0.15) is 0 Å². The Bertz CT molecular complexity index is 197. The quantitative estimate of drug-likeness (QED) is 0.753. The maximum atomic E-state index is 3.63. The van der Waals surface area contributed by atoms with Crippen LogP contribution in [0, 0.1) is 0 Å². The number of hydrogen-bond acceptors (Lipinski definition) is 2. The molecule has 90 valence electrons. The first-order valence-corrected chi connectivity index (χ1v) is 6.37. The van der Waals surface area contributed by atoms with Gasteiger partial charge in [-0.3, -0.25) is 4.90 Å². The van der Waals surface area contributed by atoms with E-state index in [9.17, 15) is 0 Å². The van der Waals surface area contributed by atoms with Gasteiger partial charge in [-0.15, -0.1) is 0 Å². The molecule has 1 aliphatic heterocycles. The summed E-state index contributed by atoms with van der Waals surface area (Å²) in [6.07, 6.45) is 3.91. The SMILES string of the molecule is CCC(C)(C)NCCN1CCCC1(C)C. The summed E-state index contributed by atoms with van der Waals surface area (Å²) in [7, 11) is 0. The molecule has 2 nitrogen and oxygen atoms in total. The molecule has 0 bridgehead atoms. The Kier molecular flexibility index (Phi) is 4.19. The van der Waals surface area contributed by atoms with Crippen molar-refractivity contribution in [1.29, 1.82) is 0 Å². The van der Waals surface area contributed by atoms with Crippen molar-refractivity contribution >= 4 is 0 Å². The molecule has 0 atom stereocenters. The number of nitrogens with zero attached hydrogens (tertiary/aromatic N) is 1. The lowest BCUT2D eigenvalue weighted by molar-refractivity contribution is 0.170. The third kappa shape index (κ3) is 3.76. The Balaban J connectivity index is 2.26. The predicted octanol–water partition coefficient (Wildman–Crippen LogP) is 2.64. The second-order valence-corrected chi connectivity index (χ2v) is 6.07. The summed E-state index contributed by atoms with van der Waals surface area (Å²) in [4.78, 5) is 2.62. The molecule has 1 rings (SSSR count). The standard InChI is InChI=1S/C13H28N2/c1-6-12(2,3)14-9-11-15-10-7-8-13(15,4)5/h14H,6-11H2,1-5H3. The Morgan fingerprint density at radius 1 is 1.33 bits per heavy atom. The second-order valence-electron chi connectivity index (χ2n) is 6.07. The first-order valence-electron chi connectivity index (χ1n) is 6.37. The topological polar surface area (TPSA) is 15.3 Å². The van der Waals surface area contributed by atoms with E-state index in [4.69, 9.17) is 0 Å². The highest BCUT2D eigenvalue weighted by atomic mass is 15.2. The molecule has 0 aromatic rings. The molecule has 1 heterocycles. The molecule has 1 fully saturated rings. The van der Waals surface area contributed by atoms with Gasteiger partial charge in [0.25, 0.3) is 0 Å². The van der Waals surface area contributed by atoms with E-state index >= 15 is 0 Å². The van der Waals surface area contributed by atoms with Crippen molar-refractivity contribution in [2.75, 3.05) is 19.6 Å². The Labute approximate surface area is 95.4 Å².